The lowest BCUT2D eigenvalue weighted by molar-refractivity contribution is -0.138. The van der Waals surface area contributed by atoms with Gasteiger partial charge < -0.3 is 5.32 Å². The molecule has 1 aromatic heterocycles. The Labute approximate surface area is 101 Å². The number of carbonyl (C=O) groups excluding carboxylic acids is 1. The average Bonchev–Trinajstić information content (AvgIpc) is 2.93. The molecule has 2 rings (SSSR count). The molecule has 0 radical (unpaired) electrons. The minimum Gasteiger partial charge on any atom is -0.346 e. The van der Waals surface area contributed by atoms with Gasteiger partial charge in [0, 0.05) is 12.0 Å². The fourth-order valence-corrected chi connectivity index (χ4v) is 1.60. The number of hydrogen-bond donors (Lipinski definition) is 2. The van der Waals surface area contributed by atoms with Crippen molar-refractivity contribution >= 4 is 5.91 Å². The lowest BCUT2D eigenvalue weighted by atomic mass is 10.2. The normalized spacial score (nSPS) is 17.6. The third-order valence-corrected chi connectivity index (χ3v) is 2.58. The van der Waals surface area contributed by atoms with Gasteiger partial charge >= 0.3 is 6.18 Å². The monoisotopic (exact) mass is 262 g/mol. The zero-order valence-electron chi connectivity index (χ0n) is 9.71. The molecule has 1 amide bonds. The van der Waals surface area contributed by atoms with Crippen molar-refractivity contribution in [1.29, 1.82) is 0 Å². The van der Waals surface area contributed by atoms with E-state index < -0.39 is 24.5 Å². The Morgan fingerprint density at radius 3 is 2.78 bits per heavy atom. The standard InChI is InChI=1S/C10H13F3N4O/c1-5(4-10(11,12)13)14-9(18)8-15-7(16-17-8)6-2-3-6/h5-6H,2-4H2,1H3,(H,14,18)(H,15,16,17). The van der Waals surface area contributed by atoms with Crippen molar-refractivity contribution in [3.63, 3.8) is 0 Å². The number of aromatic nitrogens is 3. The summed E-state index contributed by atoms with van der Waals surface area (Å²) in [4.78, 5) is 15.5. The highest BCUT2D eigenvalue weighted by atomic mass is 19.4. The lowest BCUT2D eigenvalue weighted by Crippen LogP contribution is -2.36. The van der Waals surface area contributed by atoms with Gasteiger partial charge in [-0.05, 0) is 19.8 Å². The largest absolute Gasteiger partial charge is 0.391 e. The van der Waals surface area contributed by atoms with Crippen molar-refractivity contribution in [3.8, 4) is 0 Å². The van der Waals surface area contributed by atoms with Crippen LogP contribution < -0.4 is 5.32 Å². The van der Waals surface area contributed by atoms with Crippen LogP contribution in [0, 0.1) is 0 Å². The van der Waals surface area contributed by atoms with Crippen LogP contribution in [-0.4, -0.2) is 33.3 Å². The molecular formula is C10H13F3N4O. The molecule has 2 N–H and O–H groups in total. The Hall–Kier alpha value is -1.60. The number of rotatable bonds is 4. The van der Waals surface area contributed by atoms with Crippen LogP contribution in [0.2, 0.25) is 0 Å². The maximum Gasteiger partial charge on any atom is 0.391 e. The fraction of sp³-hybridized carbons (Fsp3) is 0.700. The summed E-state index contributed by atoms with van der Waals surface area (Å²) in [6.07, 6.45) is -3.37. The predicted molar refractivity (Wildman–Crippen MR) is 56.0 cm³/mol. The van der Waals surface area contributed by atoms with E-state index in [-0.39, 0.29) is 5.82 Å². The highest BCUT2D eigenvalue weighted by Gasteiger charge is 2.32. The van der Waals surface area contributed by atoms with Gasteiger partial charge in [0.1, 0.15) is 5.82 Å². The van der Waals surface area contributed by atoms with Gasteiger partial charge in [0.15, 0.2) is 0 Å². The van der Waals surface area contributed by atoms with E-state index in [1.165, 1.54) is 6.92 Å². The first-order valence-electron chi connectivity index (χ1n) is 5.65. The molecule has 5 nitrogen and oxygen atoms in total. The van der Waals surface area contributed by atoms with E-state index in [9.17, 15) is 18.0 Å². The second kappa shape index (κ2) is 4.58. The average molecular weight is 262 g/mol. The first-order valence-corrected chi connectivity index (χ1v) is 5.65. The van der Waals surface area contributed by atoms with Crippen molar-refractivity contribution in [1.82, 2.24) is 20.5 Å². The van der Waals surface area contributed by atoms with Crippen molar-refractivity contribution < 1.29 is 18.0 Å². The Balaban J connectivity index is 1.90. The topological polar surface area (TPSA) is 70.7 Å². The van der Waals surface area contributed by atoms with Crippen LogP contribution in [0.25, 0.3) is 0 Å². The Morgan fingerprint density at radius 1 is 1.56 bits per heavy atom. The minimum atomic E-state index is -4.30. The molecule has 0 spiro atoms. The molecule has 0 aromatic carbocycles. The van der Waals surface area contributed by atoms with Gasteiger partial charge in [0.05, 0.1) is 6.42 Å². The zero-order valence-corrected chi connectivity index (χ0v) is 9.71. The van der Waals surface area contributed by atoms with Crippen LogP contribution in [0.3, 0.4) is 0 Å². The van der Waals surface area contributed by atoms with E-state index in [4.69, 9.17) is 0 Å². The van der Waals surface area contributed by atoms with Gasteiger partial charge in [0.25, 0.3) is 5.91 Å². The first-order chi connectivity index (χ1) is 8.35. The summed E-state index contributed by atoms with van der Waals surface area (Å²) in [7, 11) is 0. The number of nitrogens with one attached hydrogen (secondary N) is 2. The third-order valence-electron chi connectivity index (χ3n) is 2.58. The molecule has 18 heavy (non-hydrogen) atoms. The molecule has 1 aliphatic rings. The van der Waals surface area contributed by atoms with Gasteiger partial charge in [0.2, 0.25) is 5.82 Å². The summed E-state index contributed by atoms with van der Waals surface area (Å²) >= 11 is 0. The van der Waals surface area contributed by atoms with Crippen molar-refractivity contribution in [2.75, 3.05) is 0 Å². The van der Waals surface area contributed by atoms with Crippen LogP contribution >= 0.6 is 0 Å². The van der Waals surface area contributed by atoms with Crippen LogP contribution in [-0.2, 0) is 0 Å². The molecule has 1 aromatic rings. The van der Waals surface area contributed by atoms with Crippen LogP contribution in [0.1, 0.15) is 48.5 Å². The smallest absolute Gasteiger partial charge is 0.346 e. The summed E-state index contributed by atoms with van der Waals surface area (Å²) in [6.45, 7) is 1.29. The molecule has 1 aliphatic carbocycles. The highest BCUT2D eigenvalue weighted by Crippen LogP contribution is 2.37. The maximum atomic E-state index is 12.1. The van der Waals surface area contributed by atoms with Gasteiger partial charge in [-0.3, -0.25) is 9.89 Å². The molecule has 1 unspecified atom stereocenters. The highest BCUT2D eigenvalue weighted by molar-refractivity contribution is 5.90. The SMILES string of the molecule is CC(CC(F)(F)F)NC(=O)c1n[nH]c(C2CC2)n1. The maximum absolute atomic E-state index is 12.1. The molecule has 8 heteroatoms. The number of halogens is 3. The second-order valence-corrected chi connectivity index (χ2v) is 4.51. The Morgan fingerprint density at radius 2 is 2.22 bits per heavy atom. The van der Waals surface area contributed by atoms with Crippen LogP contribution in [0.4, 0.5) is 13.2 Å². The third kappa shape index (κ3) is 3.44. The van der Waals surface area contributed by atoms with E-state index >= 15 is 0 Å². The van der Waals surface area contributed by atoms with E-state index in [2.05, 4.69) is 20.5 Å². The number of amides is 1. The van der Waals surface area contributed by atoms with Crippen LogP contribution in [0.15, 0.2) is 0 Å². The molecule has 0 saturated heterocycles. The number of carbonyl (C=O) groups is 1. The summed E-state index contributed by atoms with van der Waals surface area (Å²) < 4.78 is 36.3. The molecule has 0 bridgehead atoms. The Kier molecular flexibility index (Phi) is 3.27. The summed E-state index contributed by atoms with van der Waals surface area (Å²) in [5, 5.41) is 8.54. The summed E-state index contributed by atoms with van der Waals surface area (Å²) in [6, 6.07) is -1.000. The minimum absolute atomic E-state index is 0.106. The van der Waals surface area contributed by atoms with Crippen molar-refractivity contribution in [2.24, 2.45) is 0 Å². The number of H-pyrrole nitrogens is 1. The zero-order chi connectivity index (χ0) is 13.3. The second-order valence-electron chi connectivity index (χ2n) is 4.51. The molecule has 100 valence electrons. The number of alkyl halides is 3. The molecule has 1 atom stereocenters. The number of aromatic amines is 1. The molecule has 1 fully saturated rings. The van der Waals surface area contributed by atoms with E-state index in [0.29, 0.717) is 11.7 Å². The van der Waals surface area contributed by atoms with Crippen molar-refractivity contribution in [2.45, 2.75) is 44.3 Å². The van der Waals surface area contributed by atoms with E-state index in [0.717, 1.165) is 12.8 Å². The van der Waals surface area contributed by atoms with E-state index in [1.807, 2.05) is 0 Å². The lowest BCUT2D eigenvalue weighted by Gasteiger charge is -2.14. The first kappa shape index (κ1) is 12.8. The number of hydrogen-bond acceptors (Lipinski definition) is 3. The quantitative estimate of drug-likeness (QED) is 0.868. The molecule has 1 saturated carbocycles. The molecular weight excluding hydrogens is 249 g/mol. The van der Waals surface area contributed by atoms with E-state index in [1.54, 1.807) is 0 Å². The van der Waals surface area contributed by atoms with Gasteiger partial charge in [-0.25, -0.2) is 4.98 Å². The Bertz CT molecular complexity index is 439. The van der Waals surface area contributed by atoms with Crippen LogP contribution in [0.5, 0.6) is 0 Å². The molecule has 1 heterocycles. The van der Waals surface area contributed by atoms with Gasteiger partial charge in [-0.2, -0.15) is 13.2 Å². The van der Waals surface area contributed by atoms with Gasteiger partial charge in [-0.15, -0.1) is 5.10 Å². The fourth-order valence-electron chi connectivity index (χ4n) is 1.60. The predicted octanol–water partition coefficient (Wildman–Crippen LogP) is 1.75. The molecule has 0 aliphatic heterocycles. The van der Waals surface area contributed by atoms with Gasteiger partial charge in [-0.1, -0.05) is 0 Å². The van der Waals surface area contributed by atoms with Crippen molar-refractivity contribution in [3.05, 3.63) is 11.6 Å². The summed E-state index contributed by atoms with van der Waals surface area (Å²) in [5.74, 6) is 0.149. The summed E-state index contributed by atoms with van der Waals surface area (Å²) in [5.41, 5.74) is 0. The number of nitrogens with zero attached hydrogens (tertiary/aromatic N) is 2.